The predicted octanol–water partition coefficient (Wildman–Crippen LogP) is 3.57. The zero-order chi connectivity index (χ0) is 18.1. The van der Waals surface area contributed by atoms with E-state index in [0.29, 0.717) is 0 Å². The summed E-state index contributed by atoms with van der Waals surface area (Å²) in [6, 6.07) is 8.86. The molecule has 1 heterocycles. The van der Waals surface area contributed by atoms with E-state index < -0.39 is 17.6 Å². The average Bonchev–Trinajstić information content (AvgIpc) is 2.95. The zero-order valence-corrected chi connectivity index (χ0v) is 14.0. The summed E-state index contributed by atoms with van der Waals surface area (Å²) in [5.74, 6) is -3.06. The van der Waals surface area contributed by atoms with Crippen LogP contribution in [0.4, 0.5) is 20.2 Å². The van der Waals surface area contributed by atoms with Crippen LogP contribution in [0.5, 0.6) is 0 Å². The summed E-state index contributed by atoms with van der Waals surface area (Å²) in [4.78, 5) is 26.3. The Labute approximate surface area is 144 Å². The van der Waals surface area contributed by atoms with Crippen molar-refractivity contribution in [1.29, 1.82) is 0 Å². The minimum Gasteiger partial charge on any atom is -0.326 e. The van der Waals surface area contributed by atoms with Crippen LogP contribution >= 0.6 is 0 Å². The third-order valence-corrected chi connectivity index (χ3v) is 4.55. The van der Waals surface area contributed by atoms with E-state index in [2.05, 4.69) is 5.32 Å². The number of nitrogens with zero attached hydrogens (tertiary/aromatic N) is 1. The summed E-state index contributed by atoms with van der Waals surface area (Å²) >= 11 is 0. The van der Waals surface area contributed by atoms with Crippen LogP contribution in [0, 0.1) is 31.4 Å². The van der Waals surface area contributed by atoms with Gasteiger partial charge in [0, 0.05) is 30.4 Å². The number of benzene rings is 2. The molecule has 0 saturated carbocycles. The van der Waals surface area contributed by atoms with Gasteiger partial charge >= 0.3 is 0 Å². The Morgan fingerprint density at radius 2 is 1.92 bits per heavy atom. The number of halogens is 2. The number of hydrogen-bond acceptors (Lipinski definition) is 2. The third-order valence-electron chi connectivity index (χ3n) is 4.55. The second kappa shape index (κ2) is 6.63. The van der Waals surface area contributed by atoms with Gasteiger partial charge in [-0.3, -0.25) is 9.59 Å². The SMILES string of the molecule is Cc1cccc(N2CC(C(=O)Nc3ccc(F)c(F)c3)CC2=O)c1C. The molecule has 1 aliphatic heterocycles. The molecule has 2 aromatic rings. The van der Waals surface area contributed by atoms with Crippen LogP contribution in [0.15, 0.2) is 36.4 Å². The molecule has 0 bridgehead atoms. The van der Waals surface area contributed by atoms with Gasteiger partial charge in [-0.15, -0.1) is 0 Å². The fraction of sp³-hybridized carbons (Fsp3) is 0.263. The zero-order valence-electron chi connectivity index (χ0n) is 14.0. The molecule has 0 aliphatic carbocycles. The van der Waals surface area contributed by atoms with Crippen LogP contribution in [0.2, 0.25) is 0 Å². The molecule has 1 fully saturated rings. The van der Waals surface area contributed by atoms with Crippen molar-refractivity contribution in [2.75, 3.05) is 16.8 Å². The maximum absolute atomic E-state index is 13.2. The number of carbonyl (C=O) groups excluding carboxylic acids is 2. The first-order valence-corrected chi connectivity index (χ1v) is 7.99. The Morgan fingerprint density at radius 1 is 1.16 bits per heavy atom. The molecule has 130 valence electrons. The van der Waals surface area contributed by atoms with Crippen LogP contribution in [-0.2, 0) is 9.59 Å². The van der Waals surface area contributed by atoms with E-state index in [4.69, 9.17) is 0 Å². The molecule has 2 aromatic carbocycles. The fourth-order valence-electron chi connectivity index (χ4n) is 2.96. The summed E-state index contributed by atoms with van der Waals surface area (Å²) < 4.78 is 26.2. The van der Waals surface area contributed by atoms with Gasteiger partial charge in [-0.25, -0.2) is 8.78 Å². The smallest absolute Gasteiger partial charge is 0.229 e. The van der Waals surface area contributed by atoms with Gasteiger partial charge in [-0.2, -0.15) is 0 Å². The molecule has 6 heteroatoms. The van der Waals surface area contributed by atoms with Crippen LogP contribution in [0.1, 0.15) is 17.5 Å². The highest BCUT2D eigenvalue weighted by Crippen LogP contribution is 2.30. The van der Waals surface area contributed by atoms with Crippen molar-refractivity contribution in [1.82, 2.24) is 0 Å². The van der Waals surface area contributed by atoms with E-state index >= 15 is 0 Å². The van der Waals surface area contributed by atoms with Crippen LogP contribution in [0.25, 0.3) is 0 Å². The van der Waals surface area contributed by atoms with Crippen molar-refractivity contribution in [3.63, 3.8) is 0 Å². The Bertz CT molecular complexity index is 851. The topological polar surface area (TPSA) is 49.4 Å². The molecule has 0 radical (unpaired) electrons. The van der Waals surface area contributed by atoms with E-state index in [1.54, 1.807) is 4.90 Å². The fourth-order valence-corrected chi connectivity index (χ4v) is 2.96. The molecule has 1 atom stereocenters. The summed E-state index contributed by atoms with van der Waals surface area (Å²) in [6.07, 6.45) is 0.0862. The second-order valence-electron chi connectivity index (χ2n) is 6.24. The minimum atomic E-state index is -1.03. The number of rotatable bonds is 3. The molecular weight excluding hydrogens is 326 g/mol. The summed E-state index contributed by atoms with van der Waals surface area (Å²) in [5, 5.41) is 2.55. The first-order valence-electron chi connectivity index (χ1n) is 7.99. The number of carbonyl (C=O) groups is 2. The first-order chi connectivity index (χ1) is 11.9. The van der Waals surface area contributed by atoms with E-state index in [-0.39, 0.29) is 30.5 Å². The summed E-state index contributed by atoms with van der Waals surface area (Å²) in [6.45, 7) is 4.16. The second-order valence-corrected chi connectivity index (χ2v) is 6.24. The van der Waals surface area contributed by atoms with Crippen LogP contribution < -0.4 is 10.2 Å². The number of anilines is 2. The molecule has 1 unspecified atom stereocenters. The highest BCUT2D eigenvalue weighted by Gasteiger charge is 2.35. The summed E-state index contributed by atoms with van der Waals surface area (Å²) in [7, 11) is 0. The lowest BCUT2D eigenvalue weighted by molar-refractivity contribution is -0.122. The lowest BCUT2D eigenvalue weighted by Crippen LogP contribution is -2.28. The van der Waals surface area contributed by atoms with E-state index in [0.717, 1.165) is 28.9 Å². The van der Waals surface area contributed by atoms with Gasteiger partial charge in [0.1, 0.15) is 0 Å². The highest BCUT2D eigenvalue weighted by molar-refractivity contribution is 6.03. The highest BCUT2D eigenvalue weighted by atomic mass is 19.2. The van der Waals surface area contributed by atoms with Crippen molar-refractivity contribution >= 4 is 23.2 Å². The van der Waals surface area contributed by atoms with Crippen LogP contribution in [0.3, 0.4) is 0 Å². The number of hydrogen-bond donors (Lipinski definition) is 1. The van der Waals surface area contributed by atoms with E-state index in [1.807, 2.05) is 32.0 Å². The van der Waals surface area contributed by atoms with Gasteiger partial charge in [0.05, 0.1) is 5.92 Å². The quantitative estimate of drug-likeness (QED) is 0.925. The Morgan fingerprint density at radius 3 is 2.64 bits per heavy atom. The number of nitrogens with one attached hydrogen (secondary N) is 1. The van der Waals surface area contributed by atoms with Gasteiger partial charge < -0.3 is 10.2 Å². The summed E-state index contributed by atoms with van der Waals surface area (Å²) in [5.41, 5.74) is 3.03. The normalized spacial score (nSPS) is 17.0. The Kier molecular flexibility index (Phi) is 4.53. The van der Waals surface area contributed by atoms with Gasteiger partial charge in [0.15, 0.2) is 11.6 Å². The first kappa shape index (κ1) is 17.1. The molecule has 1 saturated heterocycles. The maximum Gasteiger partial charge on any atom is 0.229 e. The lowest BCUT2D eigenvalue weighted by atomic mass is 10.1. The number of amides is 2. The van der Waals surface area contributed by atoms with Crippen molar-refractivity contribution in [2.45, 2.75) is 20.3 Å². The number of aryl methyl sites for hydroxylation is 1. The largest absolute Gasteiger partial charge is 0.326 e. The lowest BCUT2D eigenvalue weighted by Gasteiger charge is -2.20. The average molecular weight is 344 g/mol. The molecule has 1 N–H and O–H groups in total. The monoisotopic (exact) mass is 344 g/mol. The molecule has 0 aromatic heterocycles. The molecule has 1 aliphatic rings. The van der Waals surface area contributed by atoms with Crippen molar-refractivity contribution < 1.29 is 18.4 Å². The van der Waals surface area contributed by atoms with Gasteiger partial charge in [-0.05, 0) is 43.2 Å². The van der Waals surface area contributed by atoms with Gasteiger partial charge in [0.2, 0.25) is 11.8 Å². The Hall–Kier alpha value is -2.76. The molecule has 2 amide bonds. The van der Waals surface area contributed by atoms with Gasteiger partial charge in [-0.1, -0.05) is 12.1 Å². The molecule has 4 nitrogen and oxygen atoms in total. The molecule has 3 rings (SSSR count). The third kappa shape index (κ3) is 3.38. The standard InChI is InChI=1S/C19H18F2N2O2/c1-11-4-3-5-17(12(11)2)23-10-13(8-18(23)24)19(25)22-14-6-7-15(20)16(21)9-14/h3-7,9,13H,8,10H2,1-2H3,(H,22,25). The molecule has 0 spiro atoms. The van der Waals surface area contributed by atoms with Crippen molar-refractivity contribution in [3.8, 4) is 0 Å². The van der Waals surface area contributed by atoms with Crippen molar-refractivity contribution in [3.05, 3.63) is 59.2 Å². The van der Waals surface area contributed by atoms with Crippen LogP contribution in [-0.4, -0.2) is 18.4 Å². The minimum absolute atomic E-state index is 0.0862. The molecular formula is C19H18F2N2O2. The van der Waals surface area contributed by atoms with Gasteiger partial charge in [0.25, 0.3) is 0 Å². The van der Waals surface area contributed by atoms with E-state index in [1.165, 1.54) is 6.07 Å². The van der Waals surface area contributed by atoms with Crippen molar-refractivity contribution in [2.24, 2.45) is 5.92 Å². The molecule has 25 heavy (non-hydrogen) atoms. The predicted molar refractivity (Wildman–Crippen MR) is 91.4 cm³/mol. The Balaban J connectivity index is 1.74. The van der Waals surface area contributed by atoms with E-state index in [9.17, 15) is 18.4 Å². The maximum atomic E-state index is 13.2.